The Morgan fingerprint density at radius 1 is 1.35 bits per heavy atom. The van der Waals surface area contributed by atoms with E-state index in [0.717, 1.165) is 25.9 Å². The molecule has 1 aromatic rings. The monoisotopic (exact) mass is 296 g/mol. The lowest BCUT2D eigenvalue weighted by Gasteiger charge is -2.28. The van der Waals surface area contributed by atoms with Crippen LogP contribution in [0.3, 0.4) is 0 Å². The van der Waals surface area contributed by atoms with Gasteiger partial charge in [0.25, 0.3) is 0 Å². The van der Waals surface area contributed by atoms with Crippen LogP contribution in [-0.4, -0.2) is 25.5 Å². The maximum absolute atomic E-state index is 12.1. The SMILES string of the molecule is CC(C)(CNC(=O)[C@@H]1CCCNC1)c1ccccc1.Cl. The number of benzene rings is 1. The van der Waals surface area contributed by atoms with Gasteiger partial charge in [-0.15, -0.1) is 12.4 Å². The van der Waals surface area contributed by atoms with E-state index in [4.69, 9.17) is 0 Å². The van der Waals surface area contributed by atoms with Crippen molar-refractivity contribution in [2.75, 3.05) is 19.6 Å². The van der Waals surface area contributed by atoms with E-state index in [2.05, 4.69) is 36.6 Å². The molecule has 0 radical (unpaired) electrons. The number of nitrogens with one attached hydrogen (secondary N) is 2. The molecule has 3 nitrogen and oxygen atoms in total. The predicted molar refractivity (Wildman–Crippen MR) is 85.3 cm³/mol. The lowest BCUT2D eigenvalue weighted by atomic mass is 9.84. The lowest BCUT2D eigenvalue weighted by molar-refractivity contribution is -0.125. The quantitative estimate of drug-likeness (QED) is 0.896. The molecule has 2 rings (SSSR count). The topological polar surface area (TPSA) is 41.1 Å². The Hall–Kier alpha value is -1.06. The molecular weight excluding hydrogens is 272 g/mol. The second kappa shape index (κ2) is 7.65. The highest BCUT2D eigenvalue weighted by atomic mass is 35.5. The van der Waals surface area contributed by atoms with Crippen LogP contribution in [0.4, 0.5) is 0 Å². The predicted octanol–water partition coefficient (Wildman–Crippen LogP) is 2.50. The molecule has 1 amide bonds. The molecular formula is C16H25ClN2O. The van der Waals surface area contributed by atoms with Crippen molar-refractivity contribution in [1.82, 2.24) is 10.6 Å². The Bertz CT molecular complexity index is 414. The first-order chi connectivity index (χ1) is 9.09. The number of piperidine rings is 1. The van der Waals surface area contributed by atoms with Crippen LogP contribution in [0.25, 0.3) is 0 Å². The number of carbonyl (C=O) groups is 1. The van der Waals surface area contributed by atoms with Gasteiger partial charge in [0, 0.05) is 18.5 Å². The van der Waals surface area contributed by atoms with Gasteiger partial charge in [0.05, 0.1) is 5.92 Å². The van der Waals surface area contributed by atoms with E-state index < -0.39 is 0 Å². The molecule has 4 heteroatoms. The first-order valence-corrected chi connectivity index (χ1v) is 7.13. The highest BCUT2D eigenvalue weighted by Gasteiger charge is 2.25. The number of amides is 1. The molecule has 0 aromatic heterocycles. The summed E-state index contributed by atoms with van der Waals surface area (Å²) in [4.78, 5) is 12.1. The first kappa shape index (κ1) is 17.0. The molecule has 20 heavy (non-hydrogen) atoms. The summed E-state index contributed by atoms with van der Waals surface area (Å²) in [5.41, 5.74) is 1.23. The molecule has 1 fully saturated rings. The lowest BCUT2D eigenvalue weighted by Crippen LogP contribution is -2.44. The molecule has 0 aliphatic carbocycles. The molecule has 2 N–H and O–H groups in total. The van der Waals surface area contributed by atoms with Crippen molar-refractivity contribution in [2.45, 2.75) is 32.1 Å². The fourth-order valence-corrected chi connectivity index (χ4v) is 2.52. The zero-order valence-corrected chi connectivity index (χ0v) is 13.1. The molecule has 1 atom stereocenters. The molecule has 1 heterocycles. The fraction of sp³-hybridized carbons (Fsp3) is 0.562. The zero-order chi connectivity index (χ0) is 13.7. The summed E-state index contributed by atoms with van der Waals surface area (Å²) in [6.07, 6.45) is 2.10. The summed E-state index contributed by atoms with van der Waals surface area (Å²) >= 11 is 0. The first-order valence-electron chi connectivity index (χ1n) is 7.13. The molecule has 0 saturated carbocycles. The number of halogens is 1. The standard InChI is InChI=1S/C16H24N2O.ClH/c1-16(2,14-8-4-3-5-9-14)12-18-15(19)13-7-6-10-17-11-13;/h3-5,8-9,13,17H,6-7,10-12H2,1-2H3,(H,18,19);1H/t13-;/m1./s1. The second-order valence-corrected chi connectivity index (χ2v) is 6.01. The van der Waals surface area contributed by atoms with E-state index in [1.54, 1.807) is 0 Å². The van der Waals surface area contributed by atoms with Crippen molar-refractivity contribution in [3.8, 4) is 0 Å². The van der Waals surface area contributed by atoms with Gasteiger partial charge in [0.2, 0.25) is 5.91 Å². The Morgan fingerprint density at radius 3 is 2.65 bits per heavy atom. The Labute approximate surface area is 127 Å². The molecule has 1 aliphatic rings. The van der Waals surface area contributed by atoms with Crippen molar-refractivity contribution >= 4 is 18.3 Å². The van der Waals surface area contributed by atoms with Gasteiger partial charge in [-0.3, -0.25) is 4.79 Å². The van der Waals surface area contributed by atoms with Gasteiger partial charge in [0.1, 0.15) is 0 Å². The van der Waals surface area contributed by atoms with Crippen molar-refractivity contribution in [1.29, 1.82) is 0 Å². The zero-order valence-electron chi connectivity index (χ0n) is 12.3. The van der Waals surface area contributed by atoms with Crippen LogP contribution < -0.4 is 10.6 Å². The van der Waals surface area contributed by atoms with Gasteiger partial charge in [0.15, 0.2) is 0 Å². The van der Waals surface area contributed by atoms with Crippen LogP contribution in [0.5, 0.6) is 0 Å². The highest BCUT2D eigenvalue weighted by molar-refractivity contribution is 5.85. The van der Waals surface area contributed by atoms with Gasteiger partial charge in [-0.2, -0.15) is 0 Å². The van der Waals surface area contributed by atoms with Crippen LogP contribution in [0.15, 0.2) is 30.3 Å². The van der Waals surface area contributed by atoms with Crippen molar-refractivity contribution in [2.24, 2.45) is 5.92 Å². The molecule has 0 spiro atoms. The maximum atomic E-state index is 12.1. The van der Waals surface area contributed by atoms with Crippen molar-refractivity contribution in [3.63, 3.8) is 0 Å². The van der Waals surface area contributed by atoms with E-state index in [1.807, 2.05) is 18.2 Å². The minimum atomic E-state index is -0.0288. The van der Waals surface area contributed by atoms with Crippen LogP contribution >= 0.6 is 12.4 Å². The van der Waals surface area contributed by atoms with Gasteiger partial charge in [-0.25, -0.2) is 0 Å². The Morgan fingerprint density at radius 2 is 2.05 bits per heavy atom. The molecule has 0 unspecified atom stereocenters. The van der Waals surface area contributed by atoms with Crippen molar-refractivity contribution < 1.29 is 4.79 Å². The van der Waals surface area contributed by atoms with Crippen LogP contribution in [0.2, 0.25) is 0 Å². The summed E-state index contributed by atoms with van der Waals surface area (Å²) < 4.78 is 0. The van der Waals surface area contributed by atoms with Crippen LogP contribution in [0.1, 0.15) is 32.3 Å². The van der Waals surface area contributed by atoms with E-state index in [-0.39, 0.29) is 29.6 Å². The fourth-order valence-electron chi connectivity index (χ4n) is 2.52. The maximum Gasteiger partial charge on any atom is 0.224 e. The number of rotatable bonds is 4. The molecule has 1 aliphatic heterocycles. The summed E-state index contributed by atoms with van der Waals surface area (Å²) in [6, 6.07) is 10.3. The molecule has 0 bridgehead atoms. The third kappa shape index (κ3) is 4.50. The summed E-state index contributed by atoms with van der Waals surface area (Å²) in [5, 5.41) is 6.40. The number of carbonyl (C=O) groups excluding carboxylic acids is 1. The average molecular weight is 297 g/mol. The van der Waals surface area contributed by atoms with Crippen LogP contribution in [0, 0.1) is 5.92 Å². The van der Waals surface area contributed by atoms with E-state index in [1.165, 1.54) is 5.56 Å². The van der Waals surface area contributed by atoms with E-state index in [0.29, 0.717) is 6.54 Å². The number of hydrogen-bond acceptors (Lipinski definition) is 2. The van der Waals surface area contributed by atoms with Gasteiger partial charge in [-0.1, -0.05) is 44.2 Å². The summed E-state index contributed by atoms with van der Waals surface area (Å²) in [5.74, 6) is 0.330. The average Bonchev–Trinajstić information content (AvgIpc) is 2.47. The van der Waals surface area contributed by atoms with Crippen LogP contribution in [-0.2, 0) is 10.2 Å². The summed E-state index contributed by atoms with van der Waals surface area (Å²) in [7, 11) is 0. The minimum absolute atomic E-state index is 0. The Balaban J connectivity index is 0.00000200. The van der Waals surface area contributed by atoms with Gasteiger partial charge in [-0.05, 0) is 24.9 Å². The van der Waals surface area contributed by atoms with E-state index >= 15 is 0 Å². The van der Waals surface area contributed by atoms with Crippen molar-refractivity contribution in [3.05, 3.63) is 35.9 Å². The van der Waals surface area contributed by atoms with E-state index in [9.17, 15) is 4.79 Å². The number of hydrogen-bond donors (Lipinski definition) is 2. The van der Waals surface area contributed by atoms with Gasteiger partial charge >= 0.3 is 0 Å². The van der Waals surface area contributed by atoms with Gasteiger partial charge < -0.3 is 10.6 Å². The largest absolute Gasteiger partial charge is 0.355 e. The molecule has 1 saturated heterocycles. The Kier molecular flexibility index (Phi) is 6.50. The third-order valence-corrected chi connectivity index (χ3v) is 3.93. The smallest absolute Gasteiger partial charge is 0.224 e. The second-order valence-electron chi connectivity index (χ2n) is 6.01. The molecule has 1 aromatic carbocycles. The molecule has 112 valence electrons. The third-order valence-electron chi connectivity index (χ3n) is 3.93. The highest BCUT2D eigenvalue weighted by Crippen LogP contribution is 2.22. The summed E-state index contributed by atoms with van der Waals surface area (Å²) in [6.45, 7) is 6.88. The normalized spacial score (nSPS) is 19.0. The minimum Gasteiger partial charge on any atom is -0.355 e.